The van der Waals surface area contributed by atoms with Crippen molar-refractivity contribution in [1.29, 1.82) is 0 Å². The minimum atomic E-state index is -0.00218. The molecule has 1 aliphatic heterocycles. The highest BCUT2D eigenvalue weighted by atomic mass is 32.1. The minimum absolute atomic E-state index is 0.00218. The number of carbonyl (C=O) groups is 1. The Labute approximate surface area is 133 Å². The van der Waals surface area contributed by atoms with Gasteiger partial charge in [0.1, 0.15) is 5.69 Å². The van der Waals surface area contributed by atoms with Crippen molar-refractivity contribution < 1.29 is 9.32 Å². The van der Waals surface area contributed by atoms with Gasteiger partial charge in [-0.1, -0.05) is 19.0 Å². The van der Waals surface area contributed by atoms with Crippen LogP contribution in [0.15, 0.2) is 9.90 Å². The lowest BCUT2D eigenvalue weighted by atomic mass is 9.97. The van der Waals surface area contributed by atoms with Gasteiger partial charge in [-0.15, -0.1) is 11.3 Å². The van der Waals surface area contributed by atoms with E-state index in [-0.39, 0.29) is 17.7 Å². The van der Waals surface area contributed by atoms with Crippen molar-refractivity contribution in [3.8, 4) is 0 Å². The first kappa shape index (κ1) is 15.1. The zero-order valence-corrected chi connectivity index (χ0v) is 13.9. The number of rotatable bonds is 3. The molecule has 0 aromatic carbocycles. The van der Waals surface area contributed by atoms with Crippen LogP contribution in [0.3, 0.4) is 0 Å². The number of carbonyl (C=O) groups excluding carboxylic acids is 1. The maximum Gasteiger partial charge on any atom is 0.273 e. The summed E-state index contributed by atoms with van der Waals surface area (Å²) in [5.74, 6) is 1.75. The van der Waals surface area contributed by atoms with E-state index in [1.165, 1.54) is 11.3 Å². The molecule has 0 N–H and O–H groups in total. The number of thiazole rings is 1. The van der Waals surface area contributed by atoms with Gasteiger partial charge in [-0.2, -0.15) is 4.98 Å². The second kappa shape index (κ2) is 6.16. The van der Waals surface area contributed by atoms with E-state index < -0.39 is 0 Å². The van der Waals surface area contributed by atoms with E-state index in [0.717, 1.165) is 30.2 Å². The van der Waals surface area contributed by atoms with Gasteiger partial charge in [0.2, 0.25) is 5.89 Å². The van der Waals surface area contributed by atoms with E-state index in [2.05, 4.69) is 15.1 Å². The van der Waals surface area contributed by atoms with Gasteiger partial charge in [0.05, 0.1) is 10.9 Å². The minimum Gasteiger partial charge on any atom is -0.339 e. The largest absolute Gasteiger partial charge is 0.339 e. The van der Waals surface area contributed by atoms with Gasteiger partial charge in [0.25, 0.3) is 5.91 Å². The molecule has 1 fully saturated rings. The van der Waals surface area contributed by atoms with E-state index in [4.69, 9.17) is 4.52 Å². The molecule has 7 heteroatoms. The number of likely N-dealkylation sites (tertiary alicyclic amines) is 1. The van der Waals surface area contributed by atoms with Crippen LogP contribution in [0, 0.1) is 6.92 Å². The highest BCUT2D eigenvalue weighted by molar-refractivity contribution is 7.09. The molecule has 118 valence electrons. The Kier molecular flexibility index (Phi) is 4.24. The van der Waals surface area contributed by atoms with Crippen LogP contribution in [0.1, 0.15) is 65.7 Å². The monoisotopic (exact) mass is 320 g/mol. The van der Waals surface area contributed by atoms with Crippen LogP contribution in [-0.4, -0.2) is 39.0 Å². The summed E-state index contributed by atoms with van der Waals surface area (Å²) in [4.78, 5) is 23.1. The fourth-order valence-corrected chi connectivity index (χ4v) is 3.22. The standard InChI is InChI=1S/C15H20N4O2S/c1-9(2)13-17-14(21-18-13)11-5-4-6-19(7-11)15(20)12-8-22-10(3)16-12/h8-9,11H,4-7H2,1-3H3/t11-/m1/s1. The third kappa shape index (κ3) is 3.04. The molecule has 3 rings (SSSR count). The van der Waals surface area contributed by atoms with Crippen LogP contribution >= 0.6 is 11.3 Å². The van der Waals surface area contributed by atoms with Gasteiger partial charge >= 0.3 is 0 Å². The van der Waals surface area contributed by atoms with Crippen molar-refractivity contribution in [1.82, 2.24) is 20.0 Å². The molecule has 0 bridgehead atoms. The van der Waals surface area contributed by atoms with E-state index in [1.54, 1.807) is 0 Å². The van der Waals surface area contributed by atoms with E-state index in [1.807, 2.05) is 31.1 Å². The molecular formula is C15H20N4O2S. The lowest BCUT2D eigenvalue weighted by Gasteiger charge is -2.30. The first-order valence-corrected chi connectivity index (χ1v) is 8.47. The summed E-state index contributed by atoms with van der Waals surface area (Å²) in [6, 6.07) is 0. The molecule has 1 amide bonds. The van der Waals surface area contributed by atoms with Crippen LogP contribution in [-0.2, 0) is 0 Å². The average molecular weight is 320 g/mol. The van der Waals surface area contributed by atoms with Crippen molar-refractivity contribution in [2.45, 2.75) is 45.4 Å². The second-order valence-electron chi connectivity index (χ2n) is 5.99. The molecule has 0 unspecified atom stereocenters. The molecule has 0 aliphatic carbocycles. The van der Waals surface area contributed by atoms with Crippen molar-refractivity contribution in [2.24, 2.45) is 0 Å². The third-order valence-corrected chi connectivity index (χ3v) is 4.64. The van der Waals surface area contributed by atoms with Gasteiger partial charge in [0.15, 0.2) is 5.82 Å². The van der Waals surface area contributed by atoms with Crippen LogP contribution in [0.4, 0.5) is 0 Å². The quantitative estimate of drug-likeness (QED) is 0.869. The molecule has 0 spiro atoms. The topological polar surface area (TPSA) is 72.1 Å². The SMILES string of the molecule is Cc1nc(C(=O)N2CCC[C@@H](c3nc(C(C)C)no3)C2)cs1. The lowest BCUT2D eigenvalue weighted by Crippen LogP contribution is -2.39. The van der Waals surface area contributed by atoms with Crippen LogP contribution in [0.2, 0.25) is 0 Å². The molecule has 1 aliphatic rings. The van der Waals surface area contributed by atoms with Crippen molar-refractivity contribution in [3.63, 3.8) is 0 Å². The van der Waals surface area contributed by atoms with Gasteiger partial charge < -0.3 is 9.42 Å². The Bertz CT molecular complexity index is 664. The molecule has 1 atom stereocenters. The Morgan fingerprint density at radius 1 is 1.45 bits per heavy atom. The molecule has 3 heterocycles. The summed E-state index contributed by atoms with van der Waals surface area (Å²) in [6.07, 6.45) is 1.92. The fourth-order valence-electron chi connectivity index (χ4n) is 2.63. The number of aryl methyl sites for hydroxylation is 1. The fraction of sp³-hybridized carbons (Fsp3) is 0.600. The number of hydrogen-bond donors (Lipinski definition) is 0. The van der Waals surface area contributed by atoms with E-state index >= 15 is 0 Å². The van der Waals surface area contributed by atoms with Gasteiger partial charge in [0, 0.05) is 24.4 Å². The number of aromatic nitrogens is 3. The zero-order valence-electron chi connectivity index (χ0n) is 13.1. The first-order valence-electron chi connectivity index (χ1n) is 7.59. The van der Waals surface area contributed by atoms with Gasteiger partial charge in [-0.05, 0) is 19.8 Å². The normalized spacial score (nSPS) is 18.9. The molecule has 0 radical (unpaired) electrons. The average Bonchev–Trinajstić information content (AvgIpc) is 3.15. The van der Waals surface area contributed by atoms with Gasteiger partial charge in [-0.25, -0.2) is 4.98 Å². The molecule has 6 nitrogen and oxygen atoms in total. The molecule has 1 saturated heterocycles. The highest BCUT2D eigenvalue weighted by Crippen LogP contribution is 2.27. The smallest absolute Gasteiger partial charge is 0.273 e. The summed E-state index contributed by atoms with van der Waals surface area (Å²) in [7, 11) is 0. The van der Waals surface area contributed by atoms with Crippen LogP contribution in [0.5, 0.6) is 0 Å². The Morgan fingerprint density at radius 2 is 2.27 bits per heavy atom. The molecular weight excluding hydrogens is 300 g/mol. The number of amides is 1. The summed E-state index contributed by atoms with van der Waals surface area (Å²) in [5, 5.41) is 6.76. The van der Waals surface area contributed by atoms with Crippen molar-refractivity contribution in [3.05, 3.63) is 27.8 Å². The Morgan fingerprint density at radius 3 is 2.91 bits per heavy atom. The molecule has 22 heavy (non-hydrogen) atoms. The zero-order chi connectivity index (χ0) is 15.7. The molecule has 2 aromatic heterocycles. The number of nitrogens with zero attached hydrogens (tertiary/aromatic N) is 4. The Hall–Kier alpha value is -1.76. The third-order valence-electron chi connectivity index (χ3n) is 3.87. The van der Waals surface area contributed by atoms with Crippen molar-refractivity contribution >= 4 is 17.2 Å². The number of hydrogen-bond acceptors (Lipinski definition) is 6. The predicted molar refractivity (Wildman–Crippen MR) is 83.1 cm³/mol. The maximum atomic E-state index is 12.5. The number of piperidine rings is 1. The highest BCUT2D eigenvalue weighted by Gasteiger charge is 2.30. The second-order valence-corrected chi connectivity index (χ2v) is 7.05. The lowest BCUT2D eigenvalue weighted by molar-refractivity contribution is 0.0690. The van der Waals surface area contributed by atoms with Crippen LogP contribution in [0.25, 0.3) is 0 Å². The van der Waals surface area contributed by atoms with Crippen molar-refractivity contribution in [2.75, 3.05) is 13.1 Å². The van der Waals surface area contributed by atoms with E-state index in [9.17, 15) is 4.79 Å². The van der Waals surface area contributed by atoms with Gasteiger partial charge in [-0.3, -0.25) is 4.79 Å². The summed E-state index contributed by atoms with van der Waals surface area (Å²) >= 11 is 1.50. The predicted octanol–water partition coefficient (Wildman–Crippen LogP) is 2.98. The molecule has 0 saturated carbocycles. The first-order chi connectivity index (χ1) is 10.5. The summed E-state index contributed by atoms with van der Waals surface area (Å²) < 4.78 is 5.39. The maximum absolute atomic E-state index is 12.5. The molecule has 2 aromatic rings. The van der Waals surface area contributed by atoms with E-state index in [0.29, 0.717) is 18.1 Å². The summed E-state index contributed by atoms with van der Waals surface area (Å²) in [6.45, 7) is 7.37. The Balaban J connectivity index is 1.72. The summed E-state index contributed by atoms with van der Waals surface area (Å²) in [5.41, 5.74) is 0.538. The van der Waals surface area contributed by atoms with Crippen LogP contribution < -0.4 is 0 Å².